The molecule has 0 aliphatic carbocycles. The maximum atomic E-state index is 13.3. The molecule has 88 valence electrons. The monoisotopic (exact) mass is 227 g/mol. The fraction of sp³-hybridized carbons (Fsp3) is 0.364. The lowest BCUT2D eigenvalue weighted by molar-refractivity contribution is -0.137. The van der Waals surface area contributed by atoms with Gasteiger partial charge < -0.3 is 15.9 Å². The number of carboxylic acid groups (broad SMARTS) is 1. The van der Waals surface area contributed by atoms with Gasteiger partial charge in [-0.2, -0.15) is 0 Å². The van der Waals surface area contributed by atoms with E-state index in [4.69, 9.17) is 10.8 Å². The Kier molecular flexibility index (Phi) is 3.84. The van der Waals surface area contributed by atoms with E-state index in [2.05, 4.69) is 0 Å². The molecule has 0 saturated heterocycles. The van der Waals surface area contributed by atoms with Crippen LogP contribution < -0.4 is 5.73 Å². The molecule has 1 atom stereocenters. The summed E-state index contributed by atoms with van der Waals surface area (Å²) < 4.78 is 13.3. The quantitative estimate of drug-likeness (QED) is 0.725. The maximum Gasteiger partial charge on any atom is 0.304 e. The second-order valence-electron chi connectivity index (χ2n) is 3.68. The predicted octanol–water partition coefficient (Wildman–Crippen LogP) is 1.36. The number of halogens is 1. The first-order chi connectivity index (χ1) is 7.45. The standard InChI is InChI=1S/C11H14FNO3/c1-6-9(12)2-7(3-10(6)14)8(5-13)4-11(15)16/h2-3,8,14H,4-5,13H2,1H3,(H,15,16). The molecule has 0 bridgehead atoms. The van der Waals surface area contributed by atoms with E-state index in [0.717, 1.165) is 0 Å². The molecule has 1 aromatic rings. The van der Waals surface area contributed by atoms with Crippen LogP contribution in [0.15, 0.2) is 12.1 Å². The summed E-state index contributed by atoms with van der Waals surface area (Å²) in [6, 6.07) is 2.58. The van der Waals surface area contributed by atoms with Gasteiger partial charge in [0.25, 0.3) is 0 Å². The number of rotatable bonds is 4. The summed E-state index contributed by atoms with van der Waals surface area (Å²) in [5.74, 6) is -2.23. The number of hydrogen-bond acceptors (Lipinski definition) is 3. The second kappa shape index (κ2) is 4.94. The zero-order valence-corrected chi connectivity index (χ0v) is 8.90. The molecule has 1 rings (SSSR count). The Morgan fingerprint density at radius 1 is 1.56 bits per heavy atom. The van der Waals surface area contributed by atoms with Crippen LogP contribution in [0.1, 0.15) is 23.5 Å². The lowest BCUT2D eigenvalue weighted by Crippen LogP contribution is -2.16. The van der Waals surface area contributed by atoms with E-state index in [-0.39, 0.29) is 24.3 Å². The molecule has 1 aromatic carbocycles. The van der Waals surface area contributed by atoms with Gasteiger partial charge in [-0.3, -0.25) is 4.79 Å². The van der Waals surface area contributed by atoms with Crippen LogP contribution in [-0.4, -0.2) is 22.7 Å². The number of carboxylic acids is 1. The number of hydrogen-bond donors (Lipinski definition) is 3. The molecule has 1 unspecified atom stereocenters. The smallest absolute Gasteiger partial charge is 0.304 e. The minimum Gasteiger partial charge on any atom is -0.508 e. The van der Waals surface area contributed by atoms with Gasteiger partial charge in [0.2, 0.25) is 0 Å². The minimum absolute atomic E-state index is 0.0915. The van der Waals surface area contributed by atoms with Crippen molar-refractivity contribution < 1.29 is 19.4 Å². The van der Waals surface area contributed by atoms with Gasteiger partial charge in [0.1, 0.15) is 11.6 Å². The van der Waals surface area contributed by atoms with Crippen LogP contribution in [0.2, 0.25) is 0 Å². The molecule has 0 heterocycles. The van der Waals surface area contributed by atoms with Crippen molar-refractivity contribution in [3.63, 3.8) is 0 Å². The SMILES string of the molecule is Cc1c(O)cc(C(CN)CC(=O)O)cc1F. The molecule has 4 nitrogen and oxygen atoms in total. The normalized spacial score (nSPS) is 12.4. The molecular formula is C11H14FNO3. The first-order valence-corrected chi connectivity index (χ1v) is 4.86. The summed E-state index contributed by atoms with van der Waals surface area (Å²) in [6.07, 6.45) is -0.182. The molecule has 16 heavy (non-hydrogen) atoms. The number of nitrogens with two attached hydrogens (primary N) is 1. The first kappa shape index (κ1) is 12.4. The van der Waals surface area contributed by atoms with Crippen LogP contribution in [0.4, 0.5) is 4.39 Å². The van der Waals surface area contributed by atoms with Crippen molar-refractivity contribution in [1.82, 2.24) is 0 Å². The van der Waals surface area contributed by atoms with E-state index in [9.17, 15) is 14.3 Å². The number of carbonyl (C=O) groups is 1. The van der Waals surface area contributed by atoms with Gasteiger partial charge in [0.05, 0.1) is 6.42 Å². The lowest BCUT2D eigenvalue weighted by Gasteiger charge is -2.14. The highest BCUT2D eigenvalue weighted by atomic mass is 19.1. The summed E-state index contributed by atoms with van der Waals surface area (Å²) in [6.45, 7) is 1.54. The molecular weight excluding hydrogens is 213 g/mol. The summed E-state index contributed by atoms with van der Waals surface area (Å²) in [4.78, 5) is 10.6. The molecule has 5 heteroatoms. The van der Waals surface area contributed by atoms with Gasteiger partial charge in [0, 0.05) is 11.5 Å². The molecule has 0 saturated carbocycles. The fourth-order valence-electron chi connectivity index (χ4n) is 1.47. The van der Waals surface area contributed by atoms with Crippen molar-refractivity contribution in [1.29, 1.82) is 0 Å². The van der Waals surface area contributed by atoms with Crippen LogP contribution in [0, 0.1) is 12.7 Å². The highest BCUT2D eigenvalue weighted by Crippen LogP contribution is 2.27. The van der Waals surface area contributed by atoms with Gasteiger partial charge in [-0.15, -0.1) is 0 Å². The van der Waals surface area contributed by atoms with Crippen molar-refractivity contribution in [2.75, 3.05) is 6.54 Å². The average molecular weight is 227 g/mol. The Balaban J connectivity index is 3.06. The van der Waals surface area contributed by atoms with Gasteiger partial charge in [0.15, 0.2) is 0 Å². The first-order valence-electron chi connectivity index (χ1n) is 4.86. The summed E-state index contributed by atoms with van der Waals surface area (Å²) in [5.41, 5.74) is 5.98. The molecule has 0 fully saturated rings. The van der Waals surface area contributed by atoms with Crippen molar-refractivity contribution in [2.45, 2.75) is 19.3 Å². The van der Waals surface area contributed by atoms with Crippen molar-refractivity contribution in [3.8, 4) is 5.75 Å². The minimum atomic E-state index is -1.00. The summed E-state index contributed by atoms with van der Waals surface area (Å²) in [5, 5.41) is 18.1. The fourth-order valence-corrected chi connectivity index (χ4v) is 1.47. The third-order valence-corrected chi connectivity index (χ3v) is 2.52. The Morgan fingerprint density at radius 3 is 2.62 bits per heavy atom. The predicted molar refractivity (Wildman–Crippen MR) is 56.9 cm³/mol. The van der Waals surface area contributed by atoms with E-state index in [1.807, 2.05) is 0 Å². The molecule has 0 amide bonds. The number of benzene rings is 1. The topological polar surface area (TPSA) is 83.5 Å². The van der Waals surface area contributed by atoms with Crippen molar-refractivity contribution in [3.05, 3.63) is 29.1 Å². The zero-order valence-electron chi connectivity index (χ0n) is 8.90. The van der Waals surface area contributed by atoms with E-state index < -0.39 is 17.7 Å². The third kappa shape index (κ3) is 2.70. The van der Waals surface area contributed by atoms with Crippen LogP contribution >= 0.6 is 0 Å². The van der Waals surface area contributed by atoms with Crippen LogP contribution in [0.5, 0.6) is 5.75 Å². The summed E-state index contributed by atoms with van der Waals surface area (Å²) in [7, 11) is 0. The molecule has 0 radical (unpaired) electrons. The number of phenolic OH excluding ortho intramolecular Hbond substituents is 1. The molecule has 0 spiro atoms. The van der Waals surface area contributed by atoms with E-state index in [0.29, 0.717) is 5.56 Å². The highest BCUT2D eigenvalue weighted by molar-refractivity contribution is 5.68. The van der Waals surface area contributed by atoms with E-state index >= 15 is 0 Å². The highest BCUT2D eigenvalue weighted by Gasteiger charge is 2.17. The Labute approximate surface area is 92.5 Å². The Hall–Kier alpha value is -1.62. The molecule has 0 aromatic heterocycles. The average Bonchev–Trinajstić information content (AvgIpc) is 2.21. The molecule has 4 N–H and O–H groups in total. The zero-order chi connectivity index (χ0) is 12.3. The third-order valence-electron chi connectivity index (χ3n) is 2.52. The lowest BCUT2D eigenvalue weighted by atomic mass is 9.94. The van der Waals surface area contributed by atoms with Gasteiger partial charge in [-0.25, -0.2) is 4.39 Å². The van der Waals surface area contributed by atoms with Gasteiger partial charge in [-0.1, -0.05) is 0 Å². The molecule has 0 aliphatic heterocycles. The maximum absolute atomic E-state index is 13.3. The largest absolute Gasteiger partial charge is 0.508 e. The van der Waals surface area contributed by atoms with Crippen LogP contribution in [0.3, 0.4) is 0 Å². The van der Waals surface area contributed by atoms with Crippen molar-refractivity contribution >= 4 is 5.97 Å². The second-order valence-corrected chi connectivity index (χ2v) is 3.68. The van der Waals surface area contributed by atoms with Gasteiger partial charge >= 0.3 is 5.97 Å². The number of phenols is 1. The Bertz CT molecular complexity index is 383. The van der Waals surface area contributed by atoms with Crippen LogP contribution in [-0.2, 0) is 4.79 Å². The van der Waals surface area contributed by atoms with E-state index in [1.54, 1.807) is 0 Å². The Morgan fingerprint density at radius 2 is 2.19 bits per heavy atom. The van der Waals surface area contributed by atoms with Crippen molar-refractivity contribution in [2.24, 2.45) is 5.73 Å². The van der Waals surface area contributed by atoms with Crippen LogP contribution in [0.25, 0.3) is 0 Å². The summed E-state index contributed by atoms with van der Waals surface area (Å²) >= 11 is 0. The molecule has 0 aliphatic rings. The van der Waals surface area contributed by atoms with Gasteiger partial charge in [-0.05, 0) is 31.2 Å². The van der Waals surface area contributed by atoms with E-state index in [1.165, 1.54) is 19.1 Å². The number of aliphatic carboxylic acids is 1. The number of aromatic hydroxyl groups is 1.